The van der Waals surface area contributed by atoms with E-state index in [-0.39, 0.29) is 12.2 Å². The molecular formula is C6H7N3O4. The van der Waals surface area contributed by atoms with Crippen molar-refractivity contribution in [3.8, 4) is 0 Å². The summed E-state index contributed by atoms with van der Waals surface area (Å²) in [6, 6.07) is 0. The number of rotatable bonds is 3. The summed E-state index contributed by atoms with van der Waals surface area (Å²) in [5, 5.41) is 15.4. The highest BCUT2D eigenvalue weighted by atomic mass is 16.5. The highest BCUT2D eigenvalue weighted by molar-refractivity contribution is 5.85. The average molecular weight is 185 g/mol. The fourth-order valence-corrected chi connectivity index (χ4v) is 0.727. The van der Waals surface area contributed by atoms with Crippen LogP contribution in [0.1, 0.15) is 10.5 Å². The molecule has 0 saturated heterocycles. The van der Waals surface area contributed by atoms with E-state index in [0.717, 1.165) is 10.9 Å². The van der Waals surface area contributed by atoms with Gasteiger partial charge in [0.05, 0.1) is 13.3 Å². The van der Waals surface area contributed by atoms with E-state index in [1.54, 1.807) is 0 Å². The molecule has 1 aromatic rings. The van der Waals surface area contributed by atoms with Crippen LogP contribution in [0.2, 0.25) is 0 Å². The first kappa shape index (κ1) is 9.17. The standard InChI is InChI=1S/C6H7N3O4/c1-13-5(10)3-9-4(6(11)12)2-7-8-9/h2H,3H2,1H3,(H,11,12). The number of aromatic nitrogens is 3. The highest BCUT2D eigenvalue weighted by Crippen LogP contribution is 1.96. The number of carboxylic acids is 1. The van der Waals surface area contributed by atoms with Crippen LogP contribution in [0.3, 0.4) is 0 Å². The van der Waals surface area contributed by atoms with E-state index in [2.05, 4.69) is 15.0 Å². The van der Waals surface area contributed by atoms with Crippen molar-refractivity contribution in [2.75, 3.05) is 7.11 Å². The summed E-state index contributed by atoms with van der Waals surface area (Å²) in [7, 11) is 1.21. The second kappa shape index (κ2) is 3.65. The van der Waals surface area contributed by atoms with Crippen molar-refractivity contribution in [1.29, 1.82) is 0 Å². The zero-order valence-electron chi connectivity index (χ0n) is 6.80. The van der Waals surface area contributed by atoms with E-state index in [1.807, 2.05) is 0 Å². The van der Waals surface area contributed by atoms with E-state index < -0.39 is 11.9 Å². The Balaban J connectivity index is 2.82. The minimum absolute atomic E-state index is 0.148. The highest BCUT2D eigenvalue weighted by Gasteiger charge is 2.13. The molecule has 0 radical (unpaired) electrons. The number of hydrogen-bond acceptors (Lipinski definition) is 5. The number of nitrogens with zero attached hydrogens (tertiary/aromatic N) is 3. The van der Waals surface area contributed by atoms with Gasteiger partial charge in [0, 0.05) is 0 Å². The van der Waals surface area contributed by atoms with Gasteiger partial charge in [0.1, 0.15) is 6.54 Å². The Labute approximate surface area is 72.9 Å². The van der Waals surface area contributed by atoms with Gasteiger partial charge in [-0.05, 0) is 0 Å². The molecule has 13 heavy (non-hydrogen) atoms. The topological polar surface area (TPSA) is 94.3 Å². The van der Waals surface area contributed by atoms with Gasteiger partial charge < -0.3 is 9.84 Å². The second-order valence-corrected chi connectivity index (χ2v) is 2.16. The first-order chi connectivity index (χ1) is 6.15. The van der Waals surface area contributed by atoms with E-state index in [1.165, 1.54) is 7.11 Å². The number of methoxy groups -OCH3 is 1. The number of hydrogen-bond donors (Lipinski definition) is 1. The lowest BCUT2D eigenvalue weighted by atomic mass is 10.4. The average Bonchev–Trinajstić information content (AvgIpc) is 2.52. The maximum atomic E-state index is 10.8. The van der Waals surface area contributed by atoms with Crippen molar-refractivity contribution in [1.82, 2.24) is 15.0 Å². The molecule has 7 heteroatoms. The summed E-state index contributed by atoms with van der Waals surface area (Å²) in [6.07, 6.45) is 1.06. The van der Waals surface area contributed by atoms with Crippen molar-refractivity contribution in [3.05, 3.63) is 11.9 Å². The van der Waals surface area contributed by atoms with Crippen LogP contribution in [0.25, 0.3) is 0 Å². The van der Waals surface area contributed by atoms with Crippen LogP contribution in [0.5, 0.6) is 0 Å². The molecule has 0 amide bonds. The molecule has 0 aliphatic carbocycles. The molecule has 70 valence electrons. The molecule has 0 fully saturated rings. The fourth-order valence-electron chi connectivity index (χ4n) is 0.727. The Morgan fingerprint density at radius 2 is 2.38 bits per heavy atom. The first-order valence-corrected chi connectivity index (χ1v) is 3.33. The summed E-state index contributed by atoms with van der Waals surface area (Å²) in [6.45, 7) is -0.252. The van der Waals surface area contributed by atoms with E-state index in [4.69, 9.17) is 5.11 Å². The number of esters is 1. The van der Waals surface area contributed by atoms with Gasteiger partial charge in [-0.3, -0.25) is 4.79 Å². The molecule has 0 unspecified atom stereocenters. The Kier molecular flexibility index (Phi) is 2.58. The number of carboxylic acid groups (broad SMARTS) is 1. The van der Waals surface area contributed by atoms with Gasteiger partial charge in [-0.1, -0.05) is 5.21 Å². The summed E-state index contributed by atoms with van der Waals surface area (Å²) in [5.74, 6) is -1.76. The van der Waals surface area contributed by atoms with Crippen LogP contribution >= 0.6 is 0 Å². The fraction of sp³-hybridized carbons (Fsp3) is 0.333. The number of aromatic carboxylic acids is 1. The molecule has 1 aromatic heterocycles. The summed E-state index contributed by atoms with van der Waals surface area (Å²) < 4.78 is 5.29. The van der Waals surface area contributed by atoms with Crippen LogP contribution in [0.15, 0.2) is 6.20 Å². The van der Waals surface area contributed by atoms with Crippen molar-refractivity contribution >= 4 is 11.9 Å². The molecule has 0 bridgehead atoms. The maximum absolute atomic E-state index is 10.8. The van der Waals surface area contributed by atoms with Crippen LogP contribution in [-0.4, -0.2) is 39.1 Å². The molecule has 0 atom stereocenters. The van der Waals surface area contributed by atoms with Crippen LogP contribution in [0.4, 0.5) is 0 Å². The van der Waals surface area contributed by atoms with Crippen molar-refractivity contribution < 1.29 is 19.4 Å². The third-order valence-corrected chi connectivity index (χ3v) is 1.34. The minimum atomic E-state index is -1.19. The largest absolute Gasteiger partial charge is 0.476 e. The summed E-state index contributed by atoms with van der Waals surface area (Å²) in [4.78, 5) is 21.2. The molecule has 0 aliphatic heterocycles. The summed E-state index contributed by atoms with van der Waals surface area (Å²) in [5.41, 5.74) is -0.148. The minimum Gasteiger partial charge on any atom is -0.476 e. The van der Waals surface area contributed by atoms with Crippen LogP contribution in [0, 0.1) is 0 Å². The molecule has 0 saturated carbocycles. The van der Waals surface area contributed by atoms with Crippen molar-refractivity contribution in [3.63, 3.8) is 0 Å². The van der Waals surface area contributed by atoms with Crippen LogP contribution < -0.4 is 0 Å². The summed E-state index contributed by atoms with van der Waals surface area (Å²) >= 11 is 0. The van der Waals surface area contributed by atoms with Crippen molar-refractivity contribution in [2.45, 2.75) is 6.54 Å². The monoisotopic (exact) mass is 185 g/mol. The second-order valence-electron chi connectivity index (χ2n) is 2.16. The predicted octanol–water partition coefficient (Wildman–Crippen LogP) is -0.851. The van der Waals surface area contributed by atoms with E-state index >= 15 is 0 Å². The number of carbonyl (C=O) groups excluding carboxylic acids is 1. The maximum Gasteiger partial charge on any atom is 0.355 e. The zero-order valence-corrected chi connectivity index (χ0v) is 6.80. The Hall–Kier alpha value is -1.92. The molecule has 1 N–H and O–H groups in total. The Bertz CT molecular complexity index is 332. The van der Waals surface area contributed by atoms with Crippen molar-refractivity contribution in [2.24, 2.45) is 0 Å². The normalized spacial score (nSPS) is 9.62. The Morgan fingerprint density at radius 1 is 1.69 bits per heavy atom. The van der Waals surface area contributed by atoms with Crippen LogP contribution in [-0.2, 0) is 16.1 Å². The van der Waals surface area contributed by atoms with Gasteiger partial charge in [0.25, 0.3) is 0 Å². The SMILES string of the molecule is COC(=O)Cn1nncc1C(=O)O. The molecule has 7 nitrogen and oxygen atoms in total. The molecule has 1 heterocycles. The molecular weight excluding hydrogens is 178 g/mol. The van der Waals surface area contributed by atoms with Gasteiger partial charge in [-0.25, -0.2) is 9.48 Å². The third-order valence-electron chi connectivity index (χ3n) is 1.34. The predicted molar refractivity (Wildman–Crippen MR) is 39.0 cm³/mol. The molecule has 0 spiro atoms. The van der Waals surface area contributed by atoms with E-state index in [0.29, 0.717) is 0 Å². The van der Waals surface area contributed by atoms with Gasteiger partial charge in [-0.2, -0.15) is 0 Å². The Morgan fingerprint density at radius 3 is 2.92 bits per heavy atom. The lowest BCUT2D eigenvalue weighted by molar-refractivity contribution is -0.141. The van der Waals surface area contributed by atoms with Gasteiger partial charge in [0.2, 0.25) is 0 Å². The zero-order chi connectivity index (χ0) is 9.84. The molecule has 0 aliphatic rings. The quantitative estimate of drug-likeness (QED) is 0.616. The number of ether oxygens (including phenoxy) is 1. The van der Waals surface area contributed by atoms with Gasteiger partial charge in [-0.15, -0.1) is 5.10 Å². The smallest absolute Gasteiger partial charge is 0.355 e. The number of carbonyl (C=O) groups is 2. The first-order valence-electron chi connectivity index (χ1n) is 3.33. The third kappa shape index (κ3) is 2.01. The lowest BCUT2D eigenvalue weighted by Crippen LogP contribution is -2.17. The van der Waals surface area contributed by atoms with E-state index in [9.17, 15) is 9.59 Å². The lowest BCUT2D eigenvalue weighted by Gasteiger charge is -2.00. The van der Waals surface area contributed by atoms with Gasteiger partial charge in [0.15, 0.2) is 5.69 Å². The van der Waals surface area contributed by atoms with Gasteiger partial charge >= 0.3 is 11.9 Å². The molecule has 0 aromatic carbocycles. The molecule has 1 rings (SSSR count).